The zero-order valence-corrected chi connectivity index (χ0v) is 13.0. The number of fused-ring (bicyclic) bond motifs is 2. The van der Waals surface area contributed by atoms with Crippen LogP contribution in [0, 0.1) is 0 Å². The molecule has 3 heteroatoms. The van der Waals surface area contributed by atoms with Crippen LogP contribution in [0.15, 0.2) is 54.1 Å². The largest absolute Gasteiger partial charge is 0.507 e. The fourth-order valence-electron chi connectivity index (χ4n) is 2.66. The zero-order chi connectivity index (χ0) is 16.6. The molecule has 0 fully saturated rings. The molecule has 0 spiro atoms. The quantitative estimate of drug-likeness (QED) is 0.724. The highest BCUT2D eigenvalue weighted by Crippen LogP contribution is 2.35. The van der Waals surface area contributed by atoms with Gasteiger partial charge in [-0.3, -0.25) is 9.59 Å². The maximum absolute atomic E-state index is 12.7. The van der Waals surface area contributed by atoms with Crippen molar-refractivity contribution in [3.63, 3.8) is 0 Å². The van der Waals surface area contributed by atoms with E-state index in [9.17, 15) is 14.7 Å². The summed E-state index contributed by atoms with van der Waals surface area (Å²) < 4.78 is 0. The Morgan fingerprint density at radius 2 is 1.57 bits per heavy atom. The fourth-order valence-corrected chi connectivity index (χ4v) is 2.66. The molecule has 0 atom stereocenters. The van der Waals surface area contributed by atoms with Crippen molar-refractivity contribution >= 4 is 17.6 Å². The second-order valence-corrected chi connectivity index (χ2v) is 5.73. The van der Waals surface area contributed by atoms with Crippen LogP contribution < -0.4 is 0 Å². The number of aromatic hydroxyl groups is 1. The first-order valence-electron chi connectivity index (χ1n) is 7.36. The highest BCUT2D eigenvalue weighted by atomic mass is 16.3. The topological polar surface area (TPSA) is 54.4 Å². The maximum atomic E-state index is 12.7. The van der Waals surface area contributed by atoms with Crippen molar-refractivity contribution in [2.24, 2.45) is 0 Å². The predicted molar refractivity (Wildman–Crippen MR) is 89.9 cm³/mol. The average molecular weight is 304 g/mol. The lowest BCUT2D eigenvalue weighted by Gasteiger charge is -2.19. The van der Waals surface area contributed by atoms with Crippen LogP contribution in [0.3, 0.4) is 0 Å². The minimum absolute atomic E-state index is 0.0908. The Morgan fingerprint density at radius 1 is 0.913 bits per heavy atom. The number of benzene rings is 2. The number of carbonyl (C=O) groups excluding carboxylic acids is 2. The molecule has 1 N–H and O–H groups in total. The normalized spacial score (nSPS) is 13.0. The van der Waals surface area contributed by atoms with Gasteiger partial charge in [0.25, 0.3) is 0 Å². The molecule has 3 nitrogen and oxygen atoms in total. The van der Waals surface area contributed by atoms with E-state index in [1.807, 2.05) is 19.9 Å². The van der Waals surface area contributed by atoms with Crippen LogP contribution in [0.2, 0.25) is 0 Å². The van der Waals surface area contributed by atoms with Gasteiger partial charge in [0.1, 0.15) is 5.75 Å². The van der Waals surface area contributed by atoms with Crippen molar-refractivity contribution in [1.82, 2.24) is 0 Å². The first kappa shape index (κ1) is 15.0. The summed E-state index contributed by atoms with van der Waals surface area (Å²) >= 11 is 0. The summed E-state index contributed by atoms with van der Waals surface area (Å²) in [6.45, 7) is 3.94. The number of phenolic OH excluding ortho intramolecular Hbond substituents is 1. The maximum Gasteiger partial charge on any atom is 0.198 e. The van der Waals surface area contributed by atoms with Crippen molar-refractivity contribution < 1.29 is 14.7 Å². The number of hydrogen-bond acceptors (Lipinski definition) is 3. The van der Waals surface area contributed by atoms with Gasteiger partial charge in [0.15, 0.2) is 11.6 Å². The second-order valence-electron chi connectivity index (χ2n) is 5.73. The van der Waals surface area contributed by atoms with Gasteiger partial charge in [-0.1, -0.05) is 54.1 Å². The van der Waals surface area contributed by atoms with E-state index in [4.69, 9.17) is 0 Å². The molecule has 1 aliphatic rings. The van der Waals surface area contributed by atoms with Gasteiger partial charge in [0, 0.05) is 22.3 Å². The third kappa shape index (κ3) is 2.50. The van der Waals surface area contributed by atoms with Gasteiger partial charge in [-0.25, -0.2) is 0 Å². The molecule has 0 amide bonds. The van der Waals surface area contributed by atoms with Gasteiger partial charge in [0.2, 0.25) is 0 Å². The number of ketones is 2. The first-order valence-corrected chi connectivity index (χ1v) is 7.36. The summed E-state index contributed by atoms with van der Waals surface area (Å²) in [6.07, 6.45) is 5.43. The third-order valence-electron chi connectivity index (χ3n) is 3.80. The van der Waals surface area contributed by atoms with Crippen molar-refractivity contribution in [2.75, 3.05) is 0 Å². The Hall–Kier alpha value is -2.94. The predicted octanol–water partition coefficient (Wildman–Crippen LogP) is 4.15. The van der Waals surface area contributed by atoms with Gasteiger partial charge >= 0.3 is 0 Å². The molecule has 0 unspecified atom stereocenters. The Balaban J connectivity index is 2.15. The van der Waals surface area contributed by atoms with Crippen LogP contribution in [0.25, 0.3) is 6.08 Å². The van der Waals surface area contributed by atoms with Crippen LogP contribution in [-0.2, 0) is 0 Å². The monoisotopic (exact) mass is 304 g/mol. The highest BCUT2D eigenvalue weighted by molar-refractivity contribution is 6.29. The van der Waals surface area contributed by atoms with Gasteiger partial charge in [-0.15, -0.1) is 0 Å². The molecule has 0 heterocycles. The van der Waals surface area contributed by atoms with E-state index in [1.165, 1.54) is 0 Å². The summed E-state index contributed by atoms with van der Waals surface area (Å²) in [4.78, 5) is 25.2. The molecule has 0 aromatic heterocycles. The number of carbonyl (C=O) groups is 2. The molecule has 0 saturated heterocycles. The van der Waals surface area contributed by atoms with E-state index >= 15 is 0 Å². The van der Waals surface area contributed by atoms with E-state index in [0.717, 1.165) is 5.57 Å². The molecule has 0 saturated carbocycles. The highest BCUT2D eigenvalue weighted by Gasteiger charge is 2.32. The molecule has 114 valence electrons. The van der Waals surface area contributed by atoms with Crippen LogP contribution in [0.5, 0.6) is 5.75 Å². The SMILES string of the molecule is CC(C)=C/C=C\c1ccc2c(c1O)C(=O)c1ccccc1C2=O. The molecule has 0 aliphatic heterocycles. The first-order chi connectivity index (χ1) is 11.0. The van der Waals surface area contributed by atoms with Crippen LogP contribution in [0.1, 0.15) is 51.3 Å². The number of allylic oxidation sites excluding steroid dienone is 3. The molecular weight excluding hydrogens is 288 g/mol. The summed E-state index contributed by atoms with van der Waals surface area (Å²) in [5.41, 5.74) is 2.71. The Morgan fingerprint density at radius 3 is 2.22 bits per heavy atom. The summed E-state index contributed by atoms with van der Waals surface area (Å²) in [5.74, 6) is -0.691. The number of rotatable bonds is 2. The molecule has 0 radical (unpaired) electrons. The van der Waals surface area contributed by atoms with E-state index in [1.54, 1.807) is 48.6 Å². The molecular formula is C20H16O3. The van der Waals surface area contributed by atoms with Gasteiger partial charge in [0.05, 0.1) is 5.56 Å². The zero-order valence-electron chi connectivity index (χ0n) is 13.0. The number of phenols is 1. The van der Waals surface area contributed by atoms with E-state index in [0.29, 0.717) is 16.7 Å². The summed E-state index contributed by atoms with van der Waals surface area (Å²) in [7, 11) is 0. The van der Waals surface area contributed by atoms with Crippen LogP contribution in [0.4, 0.5) is 0 Å². The Labute approximate surface area is 134 Å². The minimum Gasteiger partial charge on any atom is -0.507 e. The standard InChI is InChI=1S/C20H16O3/c1-12(2)6-5-7-13-10-11-16-17(18(13)21)20(23)15-9-4-3-8-14(15)19(16)22/h3-11,21H,1-2H3/b7-5-. The third-order valence-corrected chi connectivity index (χ3v) is 3.80. The molecule has 3 rings (SSSR count). The van der Waals surface area contributed by atoms with Crippen LogP contribution >= 0.6 is 0 Å². The van der Waals surface area contributed by atoms with Gasteiger partial charge in [-0.2, -0.15) is 0 Å². The van der Waals surface area contributed by atoms with E-state index in [-0.39, 0.29) is 28.4 Å². The molecule has 2 aromatic carbocycles. The van der Waals surface area contributed by atoms with Crippen molar-refractivity contribution in [1.29, 1.82) is 0 Å². The molecule has 0 bridgehead atoms. The lowest BCUT2D eigenvalue weighted by Crippen LogP contribution is -2.21. The lowest BCUT2D eigenvalue weighted by atomic mass is 9.82. The van der Waals surface area contributed by atoms with E-state index < -0.39 is 0 Å². The Kier molecular flexibility index (Phi) is 3.70. The van der Waals surface area contributed by atoms with Gasteiger partial charge in [-0.05, 0) is 19.9 Å². The van der Waals surface area contributed by atoms with Crippen molar-refractivity contribution in [3.05, 3.63) is 81.9 Å². The lowest BCUT2D eigenvalue weighted by molar-refractivity contribution is 0.0976. The van der Waals surface area contributed by atoms with Crippen molar-refractivity contribution in [2.45, 2.75) is 13.8 Å². The smallest absolute Gasteiger partial charge is 0.198 e. The summed E-state index contributed by atoms with van der Waals surface area (Å²) in [5, 5.41) is 10.5. The molecule has 2 aromatic rings. The second kappa shape index (κ2) is 5.69. The summed E-state index contributed by atoms with van der Waals surface area (Å²) in [6, 6.07) is 9.95. The number of hydrogen-bond donors (Lipinski definition) is 1. The average Bonchev–Trinajstić information content (AvgIpc) is 2.53. The Bertz CT molecular complexity index is 882. The molecule has 23 heavy (non-hydrogen) atoms. The van der Waals surface area contributed by atoms with Crippen molar-refractivity contribution in [3.8, 4) is 5.75 Å². The fraction of sp³-hybridized carbons (Fsp3) is 0.100. The van der Waals surface area contributed by atoms with Gasteiger partial charge < -0.3 is 5.11 Å². The van der Waals surface area contributed by atoms with E-state index in [2.05, 4.69) is 0 Å². The van der Waals surface area contributed by atoms with Crippen LogP contribution in [-0.4, -0.2) is 16.7 Å². The molecule has 1 aliphatic carbocycles. The minimum atomic E-state index is -0.315.